The molecule has 1 fully saturated rings. The molecule has 0 N–H and O–H groups in total. The number of ether oxygens (including phenoxy) is 1. The van der Waals surface area contributed by atoms with Crippen LogP contribution in [0.3, 0.4) is 0 Å². The Bertz CT molecular complexity index is 905. The molecule has 29 heavy (non-hydrogen) atoms. The van der Waals surface area contributed by atoms with E-state index in [1.165, 1.54) is 16.3 Å². The van der Waals surface area contributed by atoms with Crippen LogP contribution >= 0.6 is 11.8 Å². The van der Waals surface area contributed by atoms with E-state index in [-0.39, 0.29) is 16.7 Å². The lowest BCUT2D eigenvalue weighted by atomic mass is 10.2. The van der Waals surface area contributed by atoms with Crippen LogP contribution in [0.5, 0.6) is 5.75 Å². The smallest absolute Gasteiger partial charge is 0.254 e. The van der Waals surface area contributed by atoms with Gasteiger partial charge in [-0.2, -0.15) is 0 Å². The minimum atomic E-state index is -0.298. The number of hydrogen-bond donors (Lipinski definition) is 0. The van der Waals surface area contributed by atoms with E-state index >= 15 is 0 Å². The molecule has 0 saturated carbocycles. The van der Waals surface area contributed by atoms with E-state index in [0.29, 0.717) is 24.7 Å². The van der Waals surface area contributed by atoms with Crippen LogP contribution in [0, 0.1) is 0 Å². The second kappa shape index (κ2) is 9.35. The first kappa shape index (κ1) is 21.2. The number of rotatable bonds is 6. The summed E-state index contributed by atoms with van der Waals surface area (Å²) in [6.45, 7) is 6.78. The van der Waals surface area contributed by atoms with Crippen molar-refractivity contribution in [3.63, 3.8) is 0 Å². The maximum absolute atomic E-state index is 12.9. The third-order valence-corrected chi connectivity index (χ3v) is 6.30. The Morgan fingerprint density at radius 2 is 1.86 bits per heavy atom. The Kier molecular flexibility index (Phi) is 6.84. The van der Waals surface area contributed by atoms with Crippen molar-refractivity contribution in [1.82, 2.24) is 14.5 Å². The fraction of sp³-hybridized carbons (Fsp3) is 0.476. The summed E-state index contributed by atoms with van der Waals surface area (Å²) in [5.41, 5.74) is 1.80. The molecular weight excluding hydrogens is 388 g/mol. The molecule has 1 unspecified atom stereocenters. The standard InChI is InChI=1S/C21H28N4O3S/c1-5-16-14-19(26)23(3)21(22-16)29-15(2)20(27)25-12-10-24(11-13-25)17-6-8-18(28-4)9-7-17/h6-9,14-15H,5,10-13H2,1-4H3. The Morgan fingerprint density at radius 3 is 2.45 bits per heavy atom. The summed E-state index contributed by atoms with van der Waals surface area (Å²) in [7, 11) is 3.35. The molecule has 1 amide bonds. The van der Waals surface area contributed by atoms with Gasteiger partial charge < -0.3 is 14.5 Å². The number of methoxy groups -OCH3 is 1. The second-order valence-electron chi connectivity index (χ2n) is 7.05. The zero-order valence-corrected chi connectivity index (χ0v) is 18.2. The van der Waals surface area contributed by atoms with E-state index in [4.69, 9.17) is 4.74 Å². The van der Waals surface area contributed by atoms with Crippen LogP contribution in [0.15, 0.2) is 40.3 Å². The topological polar surface area (TPSA) is 67.7 Å². The largest absolute Gasteiger partial charge is 0.497 e. The van der Waals surface area contributed by atoms with Crippen molar-refractivity contribution < 1.29 is 9.53 Å². The summed E-state index contributed by atoms with van der Waals surface area (Å²) in [6, 6.07) is 9.54. The summed E-state index contributed by atoms with van der Waals surface area (Å²) >= 11 is 1.35. The van der Waals surface area contributed by atoms with Gasteiger partial charge in [0.2, 0.25) is 5.91 Å². The van der Waals surface area contributed by atoms with Crippen molar-refractivity contribution in [2.24, 2.45) is 7.05 Å². The molecule has 2 heterocycles. The molecule has 1 aromatic carbocycles. The Balaban J connectivity index is 1.60. The zero-order chi connectivity index (χ0) is 21.0. The lowest BCUT2D eigenvalue weighted by Gasteiger charge is -2.37. The predicted octanol–water partition coefficient (Wildman–Crippen LogP) is 2.18. The summed E-state index contributed by atoms with van der Waals surface area (Å²) in [5.74, 6) is 0.920. The SMILES string of the molecule is CCc1cc(=O)n(C)c(SC(C)C(=O)N2CCN(c3ccc(OC)cc3)CC2)n1. The van der Waals surface area contributed by atoms with Crippen LogP contribution in [0.4, 0.5) is 5.69 Å². The predicted molar refractivity (Wildman–Crippen MR) is 116 cm³/mol. The van der Waals surface area contributed by atoms with Gasteiger partial charge in [0.25, 0.3) is 5.56 Å². The highest BCUT2D eigenvalue weighted by Crippen LogP contribution is 2.24. The van der Waals surface area contributed by atoms with Crippen LogP contribution in [0.25, 0.3) is 0 Å². The minimum absolute atomic E-state index is 0.0838. The molecule has 1 saturated heterocycles. The maximum Gasteiger partial charge on any atom is 0.254 e. The van der Waals surface area contributed by atoms with Gasteiger partial charge in [0.15, 0.2) is 5.16 Å². The normalized spacial score (nSPS) is 15.3. The Morgan fingerprint density at radius 1 is 1.21 bits per heavy atom. The number of anilines is 1. The van der Waals surface area contributed by atoms with Gasteiger partial charge in [-0.05, 0) is 37.6 Å². The average molecular weight is 417 g/mol. The summed E-state index contributed by atoms with van der Waals surface area (Å²) < 4.78 is 6.72. The van der Waals surface area contributed by atoms with E-state index in [1.807, 2.05) is 43.0 Å². The van der Waals surface area contributed by atoms with Gasteiger partial charge in [-0.15, -0.1) is 0 Å². The van der Waals surface area contributed by atoms with Gasteiger partial charge in [0, 0.05) is 50.7 Å². The number of piperazine rings is 1. The molecule has 1 atom stereocenters. The van der Waals surface area contributed by atoms with Crippen LogP contribution in [-0.4, -0.2) is 58.9 Å². The summed E-state index contributed by atoms with van der Waals surface area (Å²) in [4.78, 5) is 33.7. The molecular formula is C21H28N4O3S. The molecule has 1 aliphatic heterocycles. The minimum Gasteiger partial charge on any atom is -0.497 e. The van der Waals surface area contributed by atoms with Crippen LogP contribution in [-0.2, 0) is 18.3 Å². The van der Waals surface area contributed by atoms with Crippen molar-refractivity contribution in [2.75, 3.05) is 38.2 Å². The summed E-state index contributed by atoms with van der Waals surface area (Å²) in [6.07, 6.45) is 0.694. The number of hydrogen-bond acceptors (Lipinski definition) is 6. The van der Waals surface area contributed by atoms with E-state index in [1.54, 1.807) is 20.2 Å². The van der Waals surface area contributed by atoms with Crippen LogP contribution < -0.4 is 15.2 Å². The molecule has 0 aliphatic carbocycles. The van der Waals surface area contributed by atoms with E-state index in [0.717, 1.165) is 30.2 Å². The quantitative estimate of drug-likeness (QED) is 0.531. The van der Waals surface area contributed by atoms with Crippen LogP contribution in [0.2, 0.25) is 0 Å². The van der Waals surface area contributed by atoms with Crippen LogP contribution in [0.1, 0.15) is 19.5 Å². The molecule has 1 aliphatic rings. The van der Waals surface area contributed by atoms with E-state index in [9.17, 15) is 9.59 Å². The zero-order valence-electron chi connectivity index (χ0n) is 17.4. The number of amides is 1. The maximum atomic E-state index is 12.9. The van der Waals surface area contributed by atoms with Crippen molar-refractivity contribution in [3.8, 4) is 5.75 Å². The van der Waals surface area contributed by atoms with Gasteiger partial charge in [-0.25, -0.2) is 4.98 Å². The number of aryl methyl sites for hydroxylation is 1. The third-order valence-electron chi connectivity index (χ3n) is 5.17. The number of aromatic nitrogens is 2. The number of carbonyl (C=O) groups is 1. The van der Waals surface area contributed by atoms with Crippen molar-refractivity contribution >= 4 is 23.4 Å². The first-order valence-corrected chi connectivity index (χ1v) is 10.7. The van der Waals surface area contributed by atoms with Gasteiger partial charge >= 0.3 is 0 Å². The highest BCUT2D eigenvalue weighted by atomic mass is 32.2. The Labute approximate surface area is 175 Å². The average Bonchev–Trinajstić information content (AvgIpc) is 2.76. The highest BCUT2D eigenvalue weighted by molar-refractivity contribution is 8.00. The molecule has 2 aromatic rings. The number of thioether (sulfide) groups is 1. The third kappa shape index (κ3) is 4.93. The summed E-state index contributed by atoms with van der Waals surface area (Å²) in [5, 5.41) is 0.291. The molecule has 0 spiro atoms. The van der Waals surface area contributed by atoms with Gasteiger partial charge in [0.05, 0.1) is 12.4 Å². The first-order valence-electron chi connectivity index (χ1n) is 9.84. The molecule has 156 valence electrons. The fourth-order valence-electron chi connectivity index (χ4n) is 3.29. The highest BCUT2D eigenvalue weighted by Gasteiger charge is 2.26. The number of benzene rings is 1. The lowest BCUT2D eigenvalue weighted by Crippen LogP contribution is -2.50. The van der Waals surface area contributed by atoms with E-state index in [2.05, 4.69) is 9.88 Å². The number of nitrogens with zero attached hydrogens (tertiary/aromatic N) is 4. The molecule has 7 nitrogen and oxygen atoms in total. The molecule has 3 rings (SSSR count). The second-order valence-corrected chi connectivity index (χ2v) is 8.36. The monoisotopic (exact) mass is 416 g/mol. The molecule has 0 bridgehead atoms. The molecule has 8 heteroatoms. The number of carbonyl (C=O) groups excluding carboxylic acids is 1. The Hall–Kier alpha value is -2.48. The van der Waals surface area contributed by atoms with E-state index < -0.39 is 0 Å². The fourth-order valence-corrected chi connectivity index (χ4v) is 4.28. The first-order chi connectivity index (χ1) is 13.9. The van der Waals surface area contributed by atoms with Crippen molar-refractivity contribution in [1.29, 1.82) is 0 Å². The molecule has 1 aromatic heterocycles. The molecule has 0 radical (unpaired) electrons. The van der Waals surface area contributed by atoms with Gasteiger partial charge in [0.1, 0.15) is 5.75 Å². The van der Waals surface area contributed by atoms with Gasteiger partial charge in [-0.1, -0.05) is 18.7 Å². The van der Waals surface area contributed by atoms with Crippen molar-refractivity contribution in [3.05, 3.63) is 46.4 Å². The van der Waals surface area contributed by atoms with Crippen molar-refractivity contribution in [2.45, 2.75) is 30.7 Å². The van der Waals surface area contributed by atoms with Gasteiger partial charge in [-0.3, -0.25) is 14.2 Å². The lowest BCUT2D eigenvalue weighted by molar-refractivity contribution is -0.130.